The number of ether oxygens (including phenoxy) is 2. The molecule has 0 fully saturated rings. The van der Waals surface area contributed by atoms with Gasteiger partial charge in [0, 0.05) is 20.1 Å². The average molecular weight is 232 g/mol. The van der Waals surface area contributed by atoms with Crippen molar-refractivity contribution in [1.82, 2.24) is 0 Å². The van der Waals surface area contributed by atoms with Crippen molar-refractivity contribution in [3.8, 4) is 0 Å². The summed E-state index contributed by atoms with van der Waals surface area (Å²) in [6.07, 6.45) is 0.422. The summed E-state index contributed by atoms with van der Waals surface area (Å²) < 4.78 is 9.93. The fraction of sp³-hybridized carbons (Fsp3) is 0.917. The molecular formula is C12H24O4. The highest BCUT2D eigenvalue weighted by molar-refractivity contribution is 5.74. The molecule has 0 radical (unpaired) electrons. The Morgan fingerprint density at radius 2 is 2.00 bits per heavy atom. The molecule has 16 heavy (non-hydrogen) atoms. The maximum Gasteiger partial charge on any atom is 0.312 e. The van der Waals surface area contributed by atoms with Crippen LogP contribution in [0.5, 0.6) is 0 Å². The van der Waals surface area contributed by atoms with Crippen LogP contribution in [0.15, 0.2) is 0 Å². The van der Waals surface area contributed by atoms with Gasteiger partial charge in [-0.05, 0) is 19.8 Å². The lowest BCUT2D eigenvalue weighted by atomic mass is 9.79. The van der Waals surface area contributed by atoms with Crippen molar-refractivity contribution in [2.45, 2.75) is 39.7 Å². The van der Waals surface area contributed by atoms with Crippen LogP contribution in [-0.4, -0.2) is 37.0 Å². The van der Waals surface area contributed by atoms with Gasteiger partial charge in [0.1, 0.15) is 0 Å². The van der Waals surface area contributed by atoms with Crippen molar-refractivity contribution in [2.24, 2.45) is 11.8 Å². The third kappa shape index (κ3) is 4.49. The Morgan fingerprint density at radius 3 is 2.38 bits per heavy atom. The fourth-order valence-electron chi connectivity index (χ4n) is 1.94. The van der Waals surface area contributed by atoms with Crippen molar-refractivity contribution in [2.75, 3.05) is 20.3 Å². The summed E-state index contributed by atoms with van der Waals surface area (Å²) >= 11 is 0. The average Bonchev–Trinajstić information content (AvgIpc) is 2.14. The summed E-state index contributed by atoms with van der Waals surface area (Å²) in [5.74, 6) is -0.813. The summed E-state index contributed by atoms with van der Waals surface area (Å²) in [7, 11) is 1.57. The Kier molecular flexibility index (Phi) is 6.60. The molecule has 0 aromatic carbocycles. The van der Waals surface area contributed by atoms with Crippen LogP contribution in [0.25, 0.3) is 0 Å². The minimum absolute atomic E-state index is 0.0332. The predicted octanol–water partition coefficient (Wildman–Crippen LogP) is 1.61. The standard InChI is InChI=1S/C12H24O4/c1-6-16-11(13)10(9(2)3)12(4,14)7-8-15-5/h9-10,14H,6-8H2,1-5H3. The number of rotatable bonds is 7. The molecule has 2 atom stereocenters. The molecule has 0 aromatic heterocycles. The molecule has 96 valence electrons. The van der Waals surface area contributed by atoms with Crippen LogP contribution in [0.1, 0.15) is 34.1 Å². The lowest BCUT2D eigenvalue weighted by molar-refractivity contribution is -0.161. The first-order chi connectivity index (χ1) is 7.36. The summed E-state index contributed by atoms with van der Waals surface area (Å²) in [5.41, 5.74) is -1.09. The maximum atomic E-state index is 11.8. The van der Waals surface area contributed by atoms with Crippen molar-refractivity contribution < 1.29 is 19.4 Å². The zero-order chi connectivity index (χ0) is 12.8. The number of hydrogen-bond acceptors (Lipinski definition) is 4. The fourth-order valence-corrected chi connectivity index (χ4v) is 1.94. The second kappa shape index (κ2) is 6.86. The van der Waals surface area contributed by atoms with Gasteiger partial charge < -0.3 is 14.6 Å². The molecule has 0 saturated heterocycles. The predicted molar refractivity (Wildman–Crippen MR) is 62.1 cm³/mol. The van der Waals surface area contributed by atoms with E-state index in [0.29, 0.717) is 19.6 Å². The number of carbonyl (C=O) groups is 1. The van der Waals surface area contributed by atoms with Gasteiger partial charge in [-0.3, -0.25) is 4.79 Å². The first-order valence-electron chi connectivity index (χ1n) is 5.74. The minimum Gasteiger partial charge on any atom is -0.466 e. The lowest BCUT2D eigenvalue weighted by Crippen LogP contribution is -2.44. The van der Waals surface area contributed by atoms with Gasteiger partial charge in [0.05, 0.1) is 18.1 Å². The first kappa shape index (κ1) is 15.4. The van der Waals surface area contributed by atoms with Gasteiger partial charge >= 0.3 is 5.97 Å². The number of esters is 1. The quantitative estimate of drug-likeness (QED) is 0.677. The van der Waals surface area contributed by atoms with E-state index in [0.717, 1.165) is 0 Å². The molecule has 0 saturated carbocycles. The van der Waals surface area contributed by atoms with Crippen LogP contribution >= 0.6 is 0 Å². The van der Waals surface area contributed by atoms with Crippen LogP contribution in [0.2, 0.25) is 0 Å². The molecule has 0 aliphatic rings. The second-order valence-corrected chi connectivity index (χ2v) is 4.57. The highest BCUT2D eigenvalue weighted by Gasteiger charge is 2.40. The van der Waals surface area contributed by atoms with E-state index in [1.807, 2.05) is 13.8 Å². The van der Waals surface area contributed by atoms with Gasteiger partial charge in [-0.15, -0.1) is 0 Å². The largest absolute Gasteiger partial charge is 0.466 e. The Hall–Kier alpha value is -0.610. The highest BCUT2D eigenvalue weighted by Crippen LogP contribution is 2.29. The third-order valence-corrected chi connectivity index (χ3v) is 2.69. The molecule has 0 aliphatic carbocycles. The molecule has 0 aliphatic heterocycles. The van der Waals surface area contributed by atoms with E-state index in [1.54, 1.807) is 21.0 Å². The van der Waals surface area contributed by atoms with E-state index in [1.165, 1.54) is 0 Å². The van der Waals surface area contributed by atoms with E-state index in [4.69, 9.17) is 9.47 Å². The normalized spacial score (nSPS) is 16.9. The van der Waals surface area contributed by atoms with Crippen molar-refractivity contribution in [3.63, 3.8) is 0 Å². The molecule has 0 aromatic rings. The van der Waals surface area contributed by atoms with Gasteiger partial charge in [-0.1, -0.05) is 13.8 Å². The van der Waals surface area contributed by atoms with Crippen LogP contribution in [0.3, 0.4) is 0 Å². The lowest BCUT2D eigenvalue weighted by Gasteiger charge is -2.33. The maximum absolute atomic E-state index is 11.8. The van der Waals surface area contributed by atoms with E-state index < -0.39 is 11.5 Å². The highest BCUT2D eigenvalue weighted by atomic mass is 16.5. The second-order valence-electron chi connectivity index (χ2n) is 4.57. The monoisotopic (exact) mass is 232 g/mol. The Bertz CT molecular complexity index is 211. The van der Waals surface area contributed by atoms with E-state index in [-0.39, 0.29) is 11.9 Å². The van der Waals surface area contributed by atoms with E-state index in [9.17, 15) is 9.90 Å². The van der Waals surface area contributed by atoms with Crippen LogP contribution < -0.4 is 0 Å². The molecule has 1 N–H and O–H groups in total. The zero-order valence-corrected chi connectivity index (χ0v) is 10.9. The van der Waals surface area contributed by atoms with Crippen molar-refractivity contribution in [1.29, 1.82) is 0 Å². The van der Waals surface area contributed by atoms with Gasteiger partial charge in [0.2, 0.25) is 0 Å². The van der Waals surface area contributed by atoms with Gasteiger partial charge in [-0.2, -0.15) is 0 Å². The molecule has 0 spiro atoms. The molecule has 2 unspecified atom stereocenters. The smallest absolute Gasteiger partial charge is 0.312 e. The minimum atomic E-state index is -1.09. The Morgan fingerprint density at radius 1 is 1.44 bits per heavy atom. The van der Waals surface area contributed by atoms with Crippen LogP contribution in [0, 0.1) is 11.8 Å². The van der Waals surface area contributed by atoms with Gasteiger partial charge in [0.25, 0.3) is 0 Å². The molecular weight excluding hydrogens is 208 g/mol. The van der Waals surface area contributed by atoms with Crippen LogP contribution in [-0.2, 0) is 14.3 Å². The van der Waals surface area contributed by atoms with Crippen molar-refractivity contribution in [3.05, 3.63) is 0 Å². The van der Waals surface area contributed by atoms with E-state index in [2.05, 4.69) is 0 Å². The first-order valence-corrected chi connectivity index (χ1v) is 5.74. The molecule has 4 heteroatoms. The van der Waals surface area contributed by atoms with Gasteiger partial charge in [0.15, 0.2) is 0 Å². The zero-order valence-electron chi connectivity index (χ0n) is 10.9. The number of aliphatic hydroxyl groups is 1. The molecule has 0 amide bonds. The molecule has 0 heterocycles. The van der Waals surface area contributed by atoms with E-state index >= 15 is 0 Å². The number of carbonyl (C=O) groups excluding carboxylic acids is 1. The summed E-state index contributed by atoms with van der Waals surface area (Å²) in [6.45, 7) is 8.00. The van der Waals surface area contributed by atoms with Gasteiger partial charge in [-0.25, -0.2) is 0 Å². The summed E-state index contributed by atoms with van der Waals surface area (Å²) in [6, 6.07) is 0. The number of methoxy groups -OCH3 is 1. The molecule has 0 bridgehead atoms. The topological polar surface area (TPSA) is 55.8 Å². The van der Waals surface area contributed by atoms with Crippen LogP contribution in [0.4, 0.5) is 0 Å². The SMILES string of the molecule is CCOC(=O)C(C(C)C)C(C)(O)CCOC. The number of hydrogen-bond donors (Lipinski definition) is 1. The molecule has 4 nitrogen and oxygen atoms in total. The molecule has 0 rings (SSSR count). The Balaban J connectivity index is 4.68. The van der Waals surface area contributed by atoms with Crippen molar-refractivity contribution >= 4 is 5.97 Å². The Labute approximate surface area is 97.9 Å². The third-order valence-electron chi connectivity index (χ3n) is 2.69. The summed E-state index contributed by atoms with van der Waals surface area (Å²) in [4.78, 5) is 11.8. The summed E-state index contributed by atoms with van der Waals surface area (Å²) in [5, 5.41) is 10.3.